The summed E-state index contributed by atoms with van der Waals surface area (Å²) in [6.07, 6.45) is 2.74. The van der Waals surface area contributed by atoms with Gasteiger partial charge in [-0.3, -0.25) is 4.90 Å². The van der Waals surface area contributed by atoms with Crippen LogP contribution >= 0.6 is 0 Å². The molecule has 0 atom stereocenters. The van der Waals surface area contributed by atoms with Crippen molar-refractivity contribution in [3.63, 3.8) is 0 Å². The Morgan fingerprint density at radius 2 is 2.08 bits per heavy atom. The van der Waals surface area contributed by atoms with Crippen molar-refractivity contribution in [2.45, 2.75) is 19.4 Å². The highest BCUT2D eigenvalue weighted by Crippen LogP contribution is 2.11. The summed E-state index contributed by atoms with van der Waals surface area (Å²) in [7, 11) is 0. The minimum Gasteiger partial charge on any atom is -0.299 e. The Kier molecular flexibility index (Phi) is 4.77. The van der Waals surface area contributed by atoms with E-state index in [9.17, 15) is 0 Å². The molecule has 1 aliphatic rings. The topological polar surface area (TPSA) is 3.24 Å². The third-order valence-electron chi connectivity index (χ3n) is 2.38. The van der Waals surface area contributed by atoms with Crippen LogP contribution in [0.25, 0.3) is 0 Å². The first-order valence-electron chi connectivity index (χ1n) is 4.62. The molecule has 1 radical (unpaired) electrons. The maximum Gasteiger partial charge on any atom is 0.316 e. The van der Waals surface area contributed by atoms with Gasteiger partial charge in [-0.25, -0.2) is 0 Å². The molecule has 2 heteroatoms. The zero-order chi connectivity index (χ0) is 8.23. The molecule has 0 amide bonds. The summed E-state index contributed by atoms with van der Waals surface area (Å²) >= 11 is 0. The summed E-state index contributed by atoms with van der Waals surface area (Å²) in [5, 5.41) is 0. The van der Waals surface area contributed by atoms with E-state index in [4.69, 9.17) is 0 Å². The van der Waals surface area contributed by atoms with E-state index in [1.807, 2.05) is 6.07 Å². The molecule has 0 bridgehead atoms. The zero-order valence-electron chi connectivity index (χ0n) is 7.29. The first-order valence-corrected chi connectivity index (χ1v) is 4.62. The molecule has 0 aromatic heterocycles. The fourth-order valence-corrected chi connectivity index (χ4v) is 1.73. The monoisotopic (exact) mass is 186 g/mol. The summed E-state index contributed by atoms with van der Waals surface area (Å²) in [5.41, 5.74) is 1.39. The molecule has 1 aliphatic heterocycles. The second-order valence-electron chi connectivity index (χ2n) is 3.39. The SMILES string of the molecule is [MgH2].[c]1cccc(CN2CCCC2)c1. The molecule has 67 valence electrons. The van der Waals surface area contributed by atoms with Gasteiger partial charge in [0.15, 0.2) is 0 Å². The molecule has 1 aromatic carbocycles. The third-order valence-corrected chi connectivity index (χ3v) is 2.38. The van der Waals surface area contributed by atoms with Gasteiger partial charge in [0.05, 0.1) is 0 Å². The predicted octanol–water partition coefficient (Wildman–Crippen LogP) is 1.17. The fraction of sp³-hybridized carbons (Fsp3) is 0.455. The van der Waals surface area contributed by atoms with Crippen molar-refractivity contribution < 1.29 is 0 Å². The van der Waals surface area contributed by atoms with Crippen molar-refractivity contribution in [1.82, 2.24) is 4.90 Å². The Morgan fingerprint density at radius 3 is 2.69 bits per heavy atom. The molecular weight excluding hydrogens is 170 g/mol. The largest absolute Gasteiger partial charge is 0.316 e. The van der Waals surface area contributed by atoms with Gasteiger partial charge in [-0.05, 0) is 43.6 Å². The molecule has 1 heterocycles. The lowest BCUT2D eigenvalue weighted by Gasteiger charge is -2.13. The minimum atomic E-state index is 0. The molecule has 0 saturated carbocycles. The quantitative estimate of drug-likeness (QED) is 0.627. The van der Waals surface area contributed by atoms with Crippen LogP contribution < -0.4 is 0 Å². The average molecular weight is 187 g/mol. The van der Waals surface area contributed by atoms with Gasteiger partial charge in [-0.15, -0.1) is 0 Å². The molecule has 2 rings (SSSR count). The smallest absolute Gasteiger partial charge is 0.299 e. The maximum atomic E-state index is 3.11. The zero-order valence-corrected chi connectivity index (χ0v) is 7.29. The maximum absolute atomic E-state index is 3.11. The van der Waals surface area contributed by atoms with E-state index < -0.39 is 0 Å². The van der Waals surface area contributed by atoms with E-state index in [0.717, 1.165) is 6.54 Å². The number of nitrogens with zero attached hydrogens (tertiary/aromatic N) is 1. The van der Waals surface area contributed by atoms with Gasteiger partial charge in [0.2, 0.25) is 0 Å². The van der Waals surface area contributed by atoms with E-state index in [1.165, 1.54) is 31.5 Å². The van der Waals surface area contributed by atoms with E-state index in [-0.39, 0.29) is 23.1 Å². The van der Waals surface area contributed by atoms with Crippen molar-refractivity contribution in [2.24, 2.45) is 0 Å². The summed E-state index contributed by atoms with van der Waals surface area (Å²) in [6.45, 7) is 3.65. The van der Waals surface area contributed by atoms with Crippen LogP contribution in [0.1, 0.15) is 18.4 Å². The highest BCUT2D eigenvalue weighted by atomic mass is 24.3. The number of hydrogen-bond donors (Lipinski definition) is 0. The summed E-state index contributed by atoms with van der Waals surface area (Å²) in [6, 6.07) is 11.4. The fourth-order valence-electron chi connectivity index (χ4n) is 1.73. The van der Waals surface area contributed by atoms with Gasteiger partial charge >= 0.3 is 23.1 Å². The molecule has 13 heavy (non-hydrogen) atoms. The third kappa shape index (κ3) is 3.29. The molecular formula is C11H16MgN. The van der Waals surface area contributed by atoms with Crippen molar-refractivity contribution in [3.8, 4) is 0 Å². The highest BCUT2D eigenvalue weighted by Gasteiger charge is 2.10. The Hall–Kier alpha value is -0.0538. The average Bonchev–Trinajstić information content (AvgIpc) is 2.59. The van der Waals surface area contributed by atoms with Gasteiger partial charge in [0.1, 0.15) is 0 Å². The lowest BCUT2D eigenvalue weighted by molar-refractivity contribution is 0.331. The van der Waals surface area contributed by atoms with Crippen LogP contribution in [0.5, 0.6) is 0 Å². The van der Waals surface area contributed by atoms with Gasteiger partial charge in [0.25, 0.3) is 0 Å². The Bertz CT molecular complexity index is 229. The lowest BCUT2D eigenvalue weighted by atomic mass is 10.2. The molecule has 0 unspecified atom stereocenters. The van der Waals surface area contributed by atoms with Gasteiger partial charge in [-0.2, -0.15) is 0 Å². The molecule has 1 aromatic rings. The summed E-state index contributed by atoms with van der Waals surface area (Å²) in [5.74, 6) is 0. The van der Waals surface area contributed by atoms with Crippen molar-refractivity contribution in [3.05, 3.63) is 35.9 Å². The number of likely N-dealkylation sites (tertiary alicyclic amines) is 1. The first-order chi connectivity index (χ1) is 5.95. The van der Waals surface area contributed by atoms with Crippen LogP contribution in [0, 0.1) is 6.07 Å². The van der Waals surface area contributed by atoms with E-state index >= 15 is 0 Å². The van der Waals surface area contributed by atoms with Crippen LogP contribution in [0.15, 0.2) is 24.3 Å². The van der Waals surface area contributed by atoms with Crippen LogP contribution in [-0.4, -0.2) is 41.0 Å². The predicted molar refractivity (Wildman–Crippen MR) is 58.3 cm³/mol. The molecule has 0 N–H and O–H groups in total. The minimum absolute atomic E-state index is 0. The van der Waals surface area contributed by atoms with Crippen LogP contribution in [0.4, 0.5) is 0 Å². The normalized spacial score (nSPS) is 16.9. The Morgan fingerprint density at radius 1 is 1.31 bits per heavy atom. The number of benzene rings is 1. The van der Waals surface area contributed by atoms with Gasteiger partial charge < -0.3 is 0 Å². The molecule has 0 aliphatic carbocycles. The standard InChI is InChI=1S/C11H14N.Mg.2H/c1-2-6-11(7-3-1)10-12-8-4-5-9-12;;;/h1-2,6-7H,4-5,8-10H2;;;. The second-order valence-corrected chi connectivity index (χ2v) is 3.39. The first kappa shape index (κ1) is 11.0. The van der Waals surface area contributed by atoms with E-state index in [1.54, 1.807) is 0 Å². The summed E-state index contributed by atoms with van der Waals surface area (Å²) < 4.78 is 0. The van der Waals surface area contributed by atoms with Gasteiger partial charge in [-0.1, -0.05) is 18.2 Å². The molecule has 1 saturated heterocycles. The van der Waals surface area contributed by atoms with Crippen molar-refractivity contribution in [2.75, 3.05) is 13.1 Å². The van der Waals surface area contributed by atoms with E-state index in [2.05, 4.69) is 29.2 Å². The molecule has 1 fully saturated rings. The lowest BCUT2D eigenvalue weighted by Crippen LogP contribution is -2.18. The van der Waals surface area contributed by atoms with Crippen LogP contribution in [-0.2, 0) is 6.54 Å². The van der Waals surface area contributed by atoms with Crippen molar-refractivity contribution >= 4 is 23.1 Å². The second kappa shape index (κ2) is 5.63. The van der Waals surface area contributed by atoms with Crippen molar-refractivity contribution in [1.29, 1.82) is 0 Å². The van der Waals surface area contributed by atoms with Crippen LogP contribution in [0.2, 0.25) is 0 Å². The van der Waals surface area contributed by atoms with Gasteiger partial charge in [0, 0.05) is 6.54 Å². The molecule has 1 nitrogen and oxygen atoms in total. The Labute approximate surface area is 96.3 Å². The number of hydrogen-bond acceptors (Lipinski definition) is 1. The summed E-state index contributed by atoms with van der Waals surface area (Å²) in [4.78, 5) is 2.50. The van der Waals surface area contributed by atoms with Crippen LogP contribution in [0.3, 0.4) is 0 Å². The highest BCUT2D eigenvalue weighted by molar-refractivity contribution is 5.75. The molecule has 0 spiro atoms. The van der Waals surface area contributed by atoms with E-state index in [0.29, 0.717) is 0 Å². The number of rotatable bonds is 2. The Balaban J connectivity index is 0.000000845.